The van der Waals surface area contributed by atoms with Crippen molar-refractivity contribution in [3.63, 3.8) is 0 Å². The van der Waals surface area contributed by atoms with Crippen molar-refractivity contribution in [1.29, 1.82) is 0 Å². The highest BCUT2D eigenvalue weighted by atomic mass is 79.9. The van der Waals surface area contributed by atoms with Crippen LogP contribution in [0.1, 0.15) is 0 Å². The van der Waals surface area contributed by atoms with E-state index in [0.717, 1.165) is 0 Å². The Balaban J connectivity index is 2.93. The molecule has 0 spiro atoms. The highest BCUT2D eigenvalue weighted by Crippen LogP contribution is 2.20. The van der Waals surface area contributed by atoms with Crippen LogP contribution in [0, 0.1) is 0 Å². The van der Waals surface area contributed by atoms with Gasteiger partial charge in [-0.2, -0.15) is 5.10 Å². The SMILES string of the molecule is COc1cccc2c(=O)c(Br)n[nH]c12. The predicted molar refractivity (Wildman–Crippen MR) is 56.6 cm³/mol. The van der Waals surface area contributed by atoms with Crippen LogP contribution in [0.25, 0.3) is 10.9 Å². The van der Waals surface area contributed by atoms with Gasteiger partial charge in [-0.15, -0.1) is 0 Å². The fourth-order valence-electron chi connectivity index (χ4n) is 1.27. The molecule has 0 bridgehead atoms. The number of nitrogens with zero attached hydrogens (tertiary/aromatic N) is 1. The van der Waals surface area contributed by atoms with Crippen LogP contribution >= 0.6 is 15.9 Å². The fraction of sp³-hybridized carbons (Fsp3) is 0.111. The number of halogens is 1. The van der Waals surface area contributed by atoms with Crippen molar-refractivity contribution < 1.29 is 4.74 Å². The lowest BCUT2D eigenvalue weighted by Crippen LogP contribution is -2.07. The summed E-state index contributed by atoms with van der Waals surface area (Å²) >= 11 is 3.07. The van der Waals surface area contributed by atoms with Crippen LogP contribution in [-0.4, -0.2) is 17.3 Å². The second-order valence-electron chi connectivity index (χ2n) is 2.73. The van der Waals surface area contributed by atoms with Crippen LogP contribution in [0.5, 0.6) is 5.75 Å². The molecular formula is C9H7BrN2O2. The van der Waals surface area contributed by atoms with E-state index in [-0.39, 0.29) is 10.0 Å². The average molecular weight is 255 g/mol. The monoisotopic (exact) mass is 254 g/mol. The van der Waals surface area contributed by atoms with Crippen LogP contribution < -0.4 is 10.2 Å². The number of methoxy groups -OCH3 is 1. The van der Waals surface area contributed by atoms with Crippen molar-refractivity contribution in [3.8, 4) is 5.75 Å². The van der Waals surface area contributed by atoms with Gasteiger partial charge in [-0.3, -0.25) is 9.89 Å². The van der Waals surface area contributed by atoms with Crippen LogP contribution in [0.15, 0.2) is 27.6 Å². The molecule has 1 aromatic heterocycles. The second kappa shape index (κ2) is 3.42. The Morgan fingerprint density at radius 3 is 3.00 bits per heavy atom. The Morgan fingerprint density at radius 2 is 2.29 bits per heavy atom. The van der Waals surface area contributed by atoms with E-state index >= 15 is 0 Å². The maximum atomic E-state index is 11.6. The van der Waals surface area contributed by atoms with Gasteiger partial charge >= 0.3 is 0 Å². The number of fused-ring (bicyclic) bond motifs is 1. The highest BCUT2D eigenvalue weighted by Gasteiger charge is 2.07. The van der Waals surface area contributed by atoms with E-state index in [2.05, 4.69) is 26.1 Å². The van der Waals surface area contributed by atoms with E-state index < -0.39 is 0 Å². The van der Waals surface area contributed by atoms with Gasteiger partial charge in [0.05, 0.1) is 12.5 Å². The smallest absolute Gasteiger partial charge is 0.222 e. The molecule has 0 aliphatic heterocycles. The Kier molecular flexibility index (Phi) is 2.25. The maximum absolute atomic E-state index is 11.6. The third-order valence-electron chi connectivity index (χ3n) is 1.94. The molecule has 0 saturated carbocycles. The first-order chi connectivity index (χ1) is 6.74. The number of para-hydroxylation sites is 1. The fourth-order valence-corrected chi connectivity index (χ4v) is 1.57. The molecule has 14 heavy (non-hydrogen) atoms. The molecule has 1 heterocycles. The number of hydrogen-bond donors (Lipinski definition) is 1. The summed E-state index contributed by atoms with van der Waals surface area (Å²) in [7, 11) is 1.55. The molecule has 2 aromatic rings. The third-order valence-corrected chi connectivity index (χ3v) is 2.48. The molecule has 1 aromatic carbocycles. The van der Waals surface area contributed by atoms with Gasteiger partial charge in [-0.1, -0.05) is 6.07 Å². The Labute approximate surface area is 88.0 Å². The first-order valence-electron chi connectivity index (χ1n) is 3.95. The second-order valence-corrected chi connectivity index (χ2v) is 3.48. The van der Waals surface area contributed by atoms with E-state index in [9.17, 15) is 4.79 Å². The van der Waals surface area contributed by atoms with Crippen LogP contribution in [-0.2, 0) is 0 Å². The lowest BCUT2D eigenvalue weighted by atomic mass is 10.2. The molecule has 0 radical (unpaired) electrons. The van der Waals surface area contributed by atoms with Crippen molar-refractivity contribution in [2.75, 3.05) is 7.11 Å². The summed E-state index contributed by atoms with van der Waals surface area (Å²) < 4.78 is 5.37. The van der Waals surface area contributed by atoms with Gasteiger partial charge in [0.25, 0.3) is 0 Å². The number of aromatic nitrogens is 2. The quantitative estimate of drug-likeness (QED) is 0.843. The molecule has 2 rings (SSSR count). The topological polar surface area (TPSA) is 55.0 Å². The minimum absolute atomic E-state index is 0.141. The van der Waals surface area contributed by atoms with Gasteiger partial charge in [0.1, 0.15) is 11.3 Å². The lowest BCUT2D eigenvalue weighted by Gasteiger charge is -2.03. The van der Waals surface area contributed by atoms with Gasteiger partial charge in [0.2, 0.25) is 5.43 Å². The molecule has 1 N–H and O–H groups in total. The average Bonchev–Trinajstić information content (AvgIpc) is 2.23. The van der Waals surface area contributed by atoms with Crippen molar-refractivity contribution in [3.05, 3.63) is 33.0 Å². The van der Waals surface area contributed by atoms with Crippen LogP contribution in [0.4, 0.5) is 0 Å². The number of H-pyrrole nitrogens is 1. The van der Waals surface area contributed by atoms with Crippen molar-refractivity contribution in [2.24, 2.45) is 0 Å². The number of benzene rings is 1. The third kappa shape index (κ3) is 1.29. The normalized spacial score (nSPS) is 10.4. The molecule has 5 heteroatoms. The van der Waals surface area contributed by atoms with E-state index in [1.807, 2.05) is 0 Å². The molecule has 4 nitrogen and oxygen atoms in total. The summed E-state index contributed by atoms with van der Waals surface area (Å²) in [5.74, 6) is 0.611. The van der Waals surface area contributed by atoms with Crippen molar-refractivity contribution in [1.82, 2.24) is 10.2 Å². The van der Waals surface area contributed by atoms with Crippen molar-refractivity contribution in [2.45, 2.75) is 0 Å². The summed E-state index contributed by atoms with van der Waals surface area (Å²) in [6, 6.07) is 5.26. The predicted octanol–water partition coefficient (Wildman–Crippen LogP) is 1.69. The molecule has 0 amide bonds. The van der Waals surface area contributed by atoms with E-state index in [1.165, 1.54) is 0 Å². The summed E-state index contributed by atoms with van der Waals surface area (Å²) in [6.07, 6.45) is 0. The van der Waals surface area contributed by atoms with Crippen molar-refractivity contribution >= 4 is 26.8 Å². The maximum Gasteiger partial charge on any atom is 0.222 e. The highest BCUT2D eigenvalue weighted by molar-refractivity contribution is 9.10. The summed E-state index contributed by atoms with van der Waals surface area (Å²) in [6.45, 7) is 0. The molecule has 72 valence electrons. The molecule has 0 aliphatic rings. The summed E-state index contributed by atoms with van der Waals surface area (Å²) in [4.78, 5) is 11.6. The Bertz CT molecular complexity index is 536. The Hall–Kier alpha value is -1.36. The van der Waals surface area contributed by atoms with Gasteiger partial charge in [0.15, 0.2) is 4.60 Å². The molecule has 0 aliphatic carbocycles. The largest absolute Gasteiger partial charge is 0.494 e. The number of aromatic amines is 1. The zero-order chi connectivity index (χ0) is 10.1. The molecule has 0 unspecified atom stereocenters. The summed E-state index contributed by atoms with van der Waals surface area (Å²) in [5.41, 5.74) is 0.473. The molecule has 0 saturated heterocycles. The minimum atomic E-state index is -0.141. The molecular weight excluding hydrogens is 248 g/mol. The van der Waals surface area contributed by atoms with Crippen LogP contribution in [0.2, 0.25) is 0 Å². The Morgan fingerprint density at radius 1 is 1.50 bits per heavy atom. The number of hydrogen-bond acceptors (Lipinski definition) is 3. The van der Waals surface area contributed by atoms with Gasteiger partial charge in [0, 0.05) is 0 Å². The first-order valence-corrected chi connectivity index (χ1v) is 4.74. The van der Waals surface area contributed by atoms with E-state index in [4.69, 9.17) is 4.74 Å². The standard InChI is InChI=1S/C9H7BrN2O2/c1-14-6-4-2-3-5-7(6)11-12-9(10)8(5)13/h2-4H,1H3,(H,11,13). The first kappa shape index (κ1) is 9.21. The molecule has 0 atom stereocenters. The number of ether oxygens (including phenoxy) is 1. The zero-order valence-electron chi connectivity index (χ0n) is 7.37. The van der Waals surface area contributed by atoms with Crippen LogP contribution in [0.3, 0.4) is 0 Å². The van der Waals surface area contributed by atoms with Gasteiger partial charge in [-0.25, -0.2) is 0 Å². The lowest BCUT2D eigenvalue weighted by molar-refractivity contribution is 0.418. The summed E-state index contributed by atoms with van der Waals surface area (Å²) in [5, 5.41) is 7.13. The van der Waals surface area contributed by atoms with Gasteiger partial charge < -0.3 is 4.74 Å². The minimum Gasteiger partial charge on any atom is -0.494 e. The zero-order valence-corrected chi connectivity index (χ0v) is 8.96. The number of rotatable bonds is 1. The molecule has 0 fully saturated rings. The van der Waals surface area contributed by atoms with Gasteiger partial charge in [-0.05, 0) is 28.1 Å². The number of nitrogens with one attached hydrogen (secondary N) is 1. The van der Waals surface area contributed by atoms with E-state index in [0.29, 0.717) is 16.7 Å². The van der Waals surface area contributed by atoms with E-state index in [1.54, 1.807) is 25.3 Å².